The lowest BCUT2D eigenvalue weighted by Gasteiger charge is -2.10. The smallest absolute Gasteiger partial charge is 0.256 e. The number of anilines is 1. The zero-order valence-corrected chi connectivity index (χ0v) is 14.4. The van der Waals surface area contributed by atoms with Crippen molar-refractivity contribution < 1.29 is 4.79 Å². The van der Waals surface area contributed by atoms with Crippen LogP contribution in [0.1, 0.15) is 15.9 Å². The zero-order valence-electron chi connectivity index (χ0n) is 13.6. The number of hydrogen-bond donors (Lipinski definition) is 1. The Labute approximate surface area is 146 Å². The molecule has 1 N–H and O–H groups in total. The van der Waals surface area contributed by atoms with Crippen LogP contribution < -0.4 is 5.32 Å². The first-order valence-electron chi connectivity index (χ1n) is 7.64. The number of rotatable bonds is 4. The molecule has 0 aliphatic carbocycles. The van der Waals surface area contributed by atoms with Crippen molar-refractivity contribution in [2.45, 2.75) is 11.8 Å². The molecule has 24 heavy (non-hydrogen) atoms. The first kappa shape index (κ1) is 16.3. The van der Waals surface area contributed by atoms with Gasteiger partial charge in [0.2, 0.25) is 0 Å². The summed E-state index contributed by atoms with van der Waals surface area (Å²) in [4.78, 5) is 17.6. The summed E-state index contributed by atoms with van der Waals surface area (Å²) < 4.78 is 0. The summed E-state index contributed by atoms with van der Waals surface area (Å²) in [6, 6.07) is 18.0. The predicted octanol–water partition coefficient (Wildman–Crippen LogP) is 5.03. The highest BCUT2D eigenvalue weighted by atomic mass is 32.2. The first-order chi connectivity index (χ1) is 11.7. The van der Waals surface area contributed by atoms with Crippen molar-refractivity contribution in [3.05, 3.63) is 78.1 Å². The number of carbonyl (C=O) groups excluding carboxylic acids is 1. The fourth-order valence-corrected chi connectivity index (χ4v) is 3.16. The van der Waals surface area contributed by atoms with Gasteiger partial charge in [-0.3, -0.25) is 9.78 Å². The molecular formula is C20H18N2OS. The Hall–Kier alpha value is -2.59. The van der Waals surface area contributed by atoms with Crippen LogP contribution in [0, 0.1) is 6.92 Å². The van der Waals surface area contributed by atoms with Crippen molar-refractivity contribution in [2.24, 2.45) is 0 Å². The van der Waals surface area contributed by atoms with Gasteiger partial charge in [0, 0.05) is 28.5 Å². The van der Waals surface area contributed by atoms with Crippen molar-refractivity contribution in [1.29, 1.82) is 0 Å². The Balaban J connectivity index is 1.80. The minimum absolute atomic E-state index is 0.118. The number of benzene rings is 2. The van der Waals surface area contributed by atoms with E-state index in [1.807, 2.05) is 43.3 Å². The molecular weight excluding hydrogens is 316 g/mol. The fraction of sp³-hybridized carbons (Fsp3) is 0.100. The summed E-state index contributed by atoms with van der Waals surface area (Å²) in [5, 5.41) is 2.93. The molecule has 1 aromatic heterocycles. The summed E-state index contributed by atoms with van der Waals surface area (Å²) in [6.07, 6.45) is 5.40. The van der Waals surface area contributed by atoms with Crippen LogP contribution in [0.5, 0.6) is 0 Å². The third-order valence-corrected chi connectivity index (χ3v) is 4.62. The topological polar surface area (TPSA) is 42.0 Å². The van der Waals surface area contributed by atoms with Crippen molar-refractivity contribution in [2.75, 3.05) is 11.6 Å². The minimum atomic E-state index is -0.118. The molecule has 0 atom stereocenters. The molecule has 2 aromatic carbocycles. The number of nitrogens with zero attached hydrogens (tertiary/aromatic N) is 1. The summed E-state index contributed by atoms with van der Waals surface area (Å²) in [5.74, 6) is -0.118. The molecule has 3 aromatic rings. The number of thioether (sulfide) groups is 1. The van der Waals surface area contributed by atoms with Gasteiger partial charge in [0.15, 0.2) is 0 Å². The van der Waals surface area contributed by atoms with Crippen LogP contribution in [-0.4, -0.2) is 17.1 Å². The largest absolute Gasteiger partial charge is 0.322 e. The number of aryl methyl sites for hydroxylation is 1. The lowest BCUT2D eigenvalue weighted by Crippen LogP contribution is -2.13. The normalized spacial score (nSPS) is 10.4. The van der Waals surface area contributed by atoms with Crippen LogP contribution >= 0.6 is 11.8 Å². The Kier molecular flexibility index (Phi) is 4.96. The van der Waals surface area contributed by atoms with Crippen LogP contribution in [0.15, 0.2) is 71.9 Å². The van der Waals surface area contributed by atoms with Crippen LogP contribution in [0.3, 0.4) is 0 Å². The van der Waals surface area contributed by atoms with Gasteiger partial charge in [-0.2, -0.15) is 0 Å². The highest BCUT2D eigenvalue weighted by molar-refractivity contribution is 7.98. The number of hydrogen-bond acceptors (Lipinski definition) is 3. The number of pyridine rings is 1. The lowest BCUT2D eigenvalue weighted by atomic mass is 10.1. The Morgan fingerprint density at radius 2 is 1.79 bits per heavy atom. The molecule has 3 rings (SSSR count). The van der Waals surface area contributed by atoms with E-state index in [-0.39, 0.29) is 5.91 Å². The van der Waals surface area contributed by atoms with Gasteiger partial charge in [0.25, 0.3) is 5.91 Å². The van der Waals surface area contributed by atoms with E-state index in [0.29, 0.717) is 5.56 Å². The highest BCUT2D eigenvalue weighted by Gasteiger charge is 2.09. The van der Waals surface area contributed by atoms with Crippen LogP contribution in [-0.2, 0) is 0 Å². The fourth-order valence-electron chi connectivity index (χ4n) is 2.54. The summed E-state index contributed by atoms with van der Waals surface area (Å²) in [5.41, 5.74) is 4.62. The second-order valence-corrected chi connectivity index (χ2v) is 6.27. The van der Waals surface area contributed by atoms with Gasteiger partial charge in [0.1, 0.15) is 0 Å². The number of amides is 1. The van der Waals surface area contributed by atoms with Gasteiger partial charge >= 0.3 is 0 Å². The molecule has 0 unspecified atom stereocenters. The monoisotopic (exact) mass is 334 g/mol. The van der Waals surface area contributed by atoms with E-state index in [1.54, 1.807) is 30.2 Å². The molecule has 0 bridgehead atoms. The van der Waals surface area contributed by atoms with Gasteiger partial charge in [0.05, 0.1) is 0 Å². The molecule has 0 fully saturated rings. The summed E-state index contributed by atoms with van der Waals surface area (Å²) in [6.45, 7) is 1.88. The quantitative estimate of drug-likeness (QED) is 0.680. The molecule has 120 valence electrons. The summed E-state index contributed by atoms with van der Waals surface area (Å²) >= 11 is 1.73. The van der Waals surface area contributed by atoms with Crippen molar-refractivity contribution in [3.63, 3.8) is 0 Å². The minimum Gasteiger partial charge on any atom is -0.322 e. The Bertz CT molecular complexity index is 860. The molecule has 0 spiro atoms. The maximum Gasteiger partial charge on any atom is 0.256 e. The SMILES string of the molecule is CSc1ccccc1-c1ccc(NC(=O)c2ccncc2C)cc1. The molecule has 1 amide bonds. The average molecular weight is 334 g/mol. The zero-order chi connectivity index (χ0) is 16.9. The number of nitrogens with one attached hydrogen (secondary N) is 1. The maximum atomic E-state index is 12.3. The second-order valence-electron chi connectivity index (χ2n) is 5.42. The molecule has 0 radical (unpaired) electrons. The maximum absolute atomic E-state index is 12.3. The molecule has 4 heteroatoms. The Morgan fingerprint density at radius 1 is 1.04 bits per heavy atom. The van der Waals surface area contributed by atoms with E-state index in [2.05, 4.69) is 28.7 Å². The van der Waals surface area contributed by atoms with Gasteiger partial charge in [-0.05, 0) is 54.1 Å². The Morgan fingerprint density at radius 3 is 2.50 bits per heavy atom. The first-order valence-corrected chi connectivity index (χ1v) is 8.87. The third kappa shape index (κ3) is 3.49. The van der Waals surface area contributed by atoms with Gasteiger partial charge in [-0.25, -0.2) is 0 Å². The predicted molar refractivity (Wildman–Crippen MR) is 101 cm³/mol. The molecule has 0 saturated carbocycles. The van der Waals surface area contributed by atoms with E-state index in [1.165, 1.54) is 10.5 Å². The summed E-state index contributed by atoms with van der Waals surface area (Å²) in [7, 11) is 0. The van der Waals surface area contributed by atoms with Crippen LogP contribution in [0.4, 0.5) is 5.69 Å². The molecule has 0 saturated heterocycles. The standard InChI is InChI=1S/C20H18N2OS/c1-14-13-21-12-11-17(14)20(23)22-16-9-7-15(8-10-16)18-5-3-4-6-19(18)24-2/h3-13H,1-2H3,(H,22,23). The van der Waals surface area contributed by atoms with E-state index in [4.69, 9.17) is 0 Å². The lowest BCUT2D eigenvalue weighted by molar-refractivity contribution is 0.102. The van der Waals surface area contributed by atoms with Crippen molar-refractivity contribution in [1.82, 2.24) is 4.98 Å². The highest BCUT2D eigenvalue weighted by Crippen LogP contribution is 2.30. The van der Waals surface area contributed by atoms with Gasteiger partial charge in [-0.15, -0.1) is 11.8 Å². The van der Waals surface area contributed by atoms with E-state index in [0.717, 1.165) is 16.8 Å². The van der Waals surface area contributed by atoms with Gasteiger partial charge in [-0.1, -0.05) is 30.3 Å². The van der Waals surface area contributed by atoms with Gasteiger partial charge < -0.3 is 5.32 Å². The third-order valence-electron chi connectivity index (χ3n) is 3.83. The average Bonchev–Trinajstić information content (AvgIpc) is 2.62. The molecule has 1 heterocycles. The van der Waals surface area contributed by atoms with E-state index in [9.17, 15) is 4.79 Å². The molecule has 3 nitrogen and oxygen atoms in total. The van der Waals surface area contributed by atoms with E-state index < -0.39 is 0 Å². The number of aromatic nitrogens is 1. The van der Waals surface area contributed by atoms with Crippen molar-refractivity contribution >= 4 is 23.4 Å². The molecule has 0 aliphatic heterocycles. The molecule has 0 aliphatic rings. The van der Waals surface area contributed by atoms with E-state index >= 15 is 0 Å². The van der Waals surface area contributed by atoms with Crippen molar-refractivity contribution in [3.8, 4) is 11.1 Å². The number of carbonyl (C=O) groups is 1. The van der Waals surface area contributed by atoms with Crippen LogP contribution in [0.25, 0.3) is 11.1 Å². The second kappa shape index (κ2) is 7.32. The van der Waals surface area contributed by atoms with Crippen LogP contribution in [0.2, 0.25) is 0 Å².